The minimum Gasteiger partial charge on any atom is -0.379 e. The summed E-state index contributed by atoms with van der Waals surface area (Å²) in [6, 6.07) is 14.5. The standard InChI is InChI=1S/C14H12ClF2N/c15-12-7-4-8-13(9-12)18-10-14(16,17)11-5-2-1-3-6-11/h1-9,18H,10H2. The maximum Gasteiger partial charge on any atom is 0.290 e. The fourth-order valence-electron chi connectivity index (χ4n) is 1.60. The predicted octanol–water partition coefficient (Wildman–Crippen LogP) is 4.54. The maximum atomic E-state index is 13.8. The van der Waals surface area contributed by atoms with Crippen LogP contribution < -0.4 is 5.32 Å². The number of hydrogen-bond acceptors (Lipinski definition) is 1. The third-order valence-electron chi connectivity index (χ3n) is 2.54. The summed E-state index contributed by atoms with van der Waals surface area (Å²) in [4.78, 5) is 0. The molecule has 2 aromatic carbocycles. The van der Waals surface area contributed by atoms with Crippen molar-refractivity contribution in [2.45, 2.75) is 5.92 Å². The molecule has 0 radical (unpaired) electrons. The van der Waals surface area contributed by atoms with Gasteiger partial charge >= 0.3 is 0 Å². The first kappa shape index (κ1) is 12.8. The molecular formula is C14H12ClF2N. The second-order valence-corrected chi connectivity index (χ2v) is 4.37. The van der Waals surface area contributed by atoms with Crippen LogP contribution in [0, 0.1) is 0 Å². The normalized spacial score (nSPS) is 11.3. The average molecular weight is 268 g/mol. The highest BCUT2D eigenvalue weighted by Crippen LogP contribution is 2.28. The van der Waals surface area contributed by atoms with E-state index < -0.39 is 12.5 Å². The van der Waals surface area contributed by atoms with Gasteiger partial charge in [-0.1, -0.05) is 48.0 Å². The Labute approximate surface area is 109 Å². The molecule has 0 unspecified atom stereocenters. The second-order valence-electron chi connectivity index (χ2n) is 3.93. The number of hydrogen-bond donors (Lipinski definition) is 1. The number of rotatable bonds is 4. The summed E-state index contributed by atoms with van der Waals surface area (Å²) in [7, 11) is 0. The van der Waals surface area contributed by atoms with Crippen molar-refractivity contribution in [1.29, 1.82) is 0 Å². The van der Waals surface area contributed by atoms with Crippen molar-refractivity contribution < 1.29 is 8.78 Å². The largest absolute Gasteiger partial charge is 0.379 e. The Morgan fingerprint density at radius 2 is 1.72 bits per heavy atom. The van der Waals surface area contributed by atoms with Gasteiger partial charge in [0.15, 0.2) is 0 Å². The van der Waals surface area contributed by atoms with Gasteiger partial charge in [-0.05, 0) is 18.2 Å². The summed E-state index contributed by atoms with van der Waals surface area (Å²) in [5, 5.41) is 3.21. The highest BCUT2D eigenvalue weighted by molar-refractivity contribution is 6.30. The highest BCUT2D eigenvalue weighted by Gasteiger charge is 2.30. The molecule has 0 fully saturated rings. The predicted molar refractivity (Wildman–Crippen MR) is 70.3 cm³/mol. The van der Waals surface area contributed by atoms with Crippen molar-refractivity contribution in [1.82, 2.24) is 0 Å². The molecule has 4 heteroatoms. The fourth-order valence-corrected chi connectivity index (χ4v) is 1.79. The van der Waals surface area contributed by atoms with Gasteiger partial charge in [-0.3, -0.25) is 0 Å². The Kier molecular flexibility index (Phi) is 3.82. The zero-order chi connectivity index (χ0) is 13.0. The maximum absolute atomic E-state index is 13.8. The Morgan fingerprint density at radius 3 is 2.39 bits per heavy atom. The van der Waals surface area contributed by atoms with Gasteiger partial charge in [-0.25, -0.2) is 0 Å². The van der Waals surface area contributed by atoms with Crippen LogP contribution in [0.3, 0.4) is 0 Å². The van der Waals surface area contributed by atoms with Gasteiger partial charge in [-0.2, -0.15) is 8.78 Å². The van der Waals surface area contributed by atoms with E-state index >= 15 is 0 Å². The summed E-state index contributed by atoms with van der Waals surface area (Å²) in [6.07, 6.45) is 0. The van der Waals surface area contributed by atoms with E-state index in [2.05, 4.69) is 5.32 Å². The fraction of sp³-hybridized carbons (Fsp3) is 0.143. The summed E-state index contributed by atoms with van der Waals surface area (Å²) < 4.78 is 27.7. The van der Waals surface area contributed by atoms with E-state index in [1.54, 1.807) is 42.5 Å². The van der Waals surface area contributed by atoms with E-state index in [0.717, 1.165) is 0 Å². The topological polar surface area (TPSA) is 12.0 Å². The molecule has 0 heterocycles. The van der Waals surface area contributed by atoms with Crippen LogP contribution in [0.25, 0.3) is 0 Å². The van der Waals surface area contributed by atoms with Crippen LogP contribution in [-0.4, -0.2) is 6.54 Å². The van der Waals surface area contributed by atoms with Crippen molar-refractivity contribution >= 4 is 17.3 Å². The van der Waals surface area contributed by atoms with Crippen molar-refractivity contribution in [3.63, 3.8) is 0 Å². The van der Waals surface area contributed by atoms with Gasteiger partial charge < -0.3 is 5.32 Å². The minimum absolute atomic E-state index is 0.000437. The van der Waals surface area contributed by atoms with Crippen LogP contribution in [0.5, 0.6) is 0 Å². The Balaban J connectivity index is 2.05. The number of nitrogens with one attached hydrogen (secondary N) is 1. The molecule has 2 rings (SSSR count). The Morgan fingerprint density at radius 1 is 1.00 bits per heavy atom. The molecule has 0 saturated carbocycles. The molecule has 0 bridgehead atoms. The zero-order valence-corrected chi connectivity index (χ0v) is 10.3. The molecule has 0 amide bonds. The molecule has 1 N–H and O–H groups in total. The molecule has 0 spiro atoms. The van der Waals surface area contributed by atoms with E-state index in [4.69, 9.17) is 11.6 Å². The molecule has 0 aliphatic heterocycles. The lowest BCUT2D eigenvalue weighted by Crippen LogP contribution is -2.24. The van der Waals surface area contributed by atoms with E-state index in [0.29, 0.717) is 10.7 Å². The summed E-state index contributed by atoms with van der Waals surface area (Å²) in [6.45, 7) is -0.461. The third kappa shape index (κ3) is 3.20. The Hall–Kier alpha value is -1.61. The molecule has 0 aliphatic carbocycles. The van der Waals surface area contributed by atoms with Crippen LogP contribution in [-0.2, 0) is 5.92 Å². The first-order chi connectivity index (χ1) is 8.58. The Bertz CT molecular complexity index is 514. The highest BCUT2D eigenvalue weighted by atomic mass is 35.5. The molecule has 1 nitrogen and oxygen atoms in total. The van der Waals surface area contributed by atoms with Crippen LogP contribution in [0.15, 0.2) is 54.6 Å². The van der Waals surface area contributed by atoms with Crippen LogP contribution in [0.1, 0.15) is 5.56 Å². The first-order valence-electron chi connectivity index (χ1n) is 5.51. The van der Waals surface area contributed by atoms with E-state index in [1.165, 1.54) is 12.1 Å². The van der Waals surface area contributed by atoms with Crippen molar-refractivity contribution in [2.24, 2.45) is 0 Å². The first-order valence-corrected chi connectivity index (χ1v) is 5.88. The van der Waals surface area contributed by atoms with Crippen LogP contribution >= 0.6 is 11.6 Å². The van der Waals surface area contributed by atoms with Gasteiger partial charge in [0, 0.05) is 16.3 Å². The molecule has 0 atom stereocenters. The minimum atomic E-state index is -2.91. The SMILES string of the molecule is FC(F)(CNc1cccc(Cl)c1)c1ccccc1. The van der Waals surface area contributed by atoms with Gasteiger partial charge in [0.25, 0.3) is 5.92 Å². The number of halogens is 3. The zero-order valence-electron chi connectivity index (χ0n) is 9.54. The van der Waals surface area contributed by atoms with Gasteiger partial charge in [0.05, 0.1) is 6.54 Å². The average Bonchev–Trinajstić information content (AvgIpc) is 2.38. The molecule has 0 aliphatic rings. The molecule has 18 heavy (non-hydrogen) atoms. The van der Waals surface area contributed by atoms with Crippen LogP contribution in [0.4, 0.5) is 14.5 Å². The molecule has 94 valence electrons. The quantitative estimate of drug-likeness (QED) is 0.857. The van der Waals surface area contributed by atoms with Gasteiger partial charge in [-0.15, -0.1) is 0 Å². The lowest BCUT2D eigenvalue weighted by Gasteiger charge is -2.18. The second kappa shape index (κ2) is 5.36. The smallest absolute Gasteiger partial charge is 0.290 e. The number of anilines is 1. The molecule has 2 aromatic rings. The number of benzene rings is 2. The lowest BCUT2D eigenvalue weighted by molar-refractivity contribution is 0.0106. The van der Waals surface area contributed by atoms with E-state index in [1.807, 2.05) is 0 Å². The third-order valence-corrected chi connectivity index (χ3v) is 2.77. The lowest BCUT2D eigenvalue weighted by atomic mass is 10.1. The van der Waals surface area contributed by atoms with Gasteiger partial charge in [0.1, 0.15) is 0 Å². The van der Waals surface area contributed by atoms with Crippen molar-refractivity contribution in [2.75, 3.05) is 11.9 Å². The van der Waals surface area contributed by atoms with Crippen LogP contribution in [0.2, 0.25) is 5.02 Å². The molecular weight excluding hydrogens is 256 g/mol. The molecule has 0 aromatic heterocycles. The summed E-state index contributed by atoms with van der Waals surface area (Å²) in [5.74, 6) is -2.91. The summed E-state index contributed by atoms with van der Waals surface area (Å²) >= 11 is 5.78. The van der Waals surface area contributed by atoms with Crippen molar-refractivity contribution in [3.05, 3.63) is 65.2 Å². The number of alkyl halides is 2. The summed E-state index contributed by atoms with van der Waals surface area (Å²) in [5.41, 5.74) is 0.581. The van der Waals surface area contributed by atoms with Crippen molar-refractivity contribution in [3.8, 4) is 0 Å². The van der Waals surface area contributed by atoms with Gasteiger partial charge in [0.2, 0.25) is 0 Å². The van der Waals surface area contributed by atoms with E-state index in [9.17, 15) is 8.78 Å². The van der Waals surface area contributed by atoms with E-state index in [-0.39, 0.29) is 5.56 Å². The molecule has 0 saturated heterocycles. The monoisotopic (exact) mass is 267 g/mol.